The fraction of sp³-hybridized carbons (Fsp3) is 0.733. The number of H-pyrrole nitrogens is 1. The molecule has 1 N–H and O–H groups in total. The minimum absolute atomic E-state index is 0.331. The summed E-state index contributed by atoms with van der Waals surface area (Å²) in [5.74, 6) is 0.714. The van der Waals surface area contributed by atoms with Crippen molar-refractivity contribution in [2.75, 3.05) is 12.4 Å². The highest BCUT2D eigenvalue weighted by molar-refractivity contribution is 7.99. The van der Waals surface area contributed by atoms with E-state index in [1.165, 1.54) is 44.9 Å². The zero-order valence-electron chi connectivity index (χ0n) is 12.6. The Bertz CT molecular complexity index is 380. The SMILES string of the molecule is CCCCCCCCCSc1ncc(C(=O)OCC)[nH]1. The number of thioether (sulfide) groups is 1. The van der Waals surface area contributed by atoms with Crippen molar-refractivity contribution in [1.29, 1.82) is 0 Å². The number of unbranched alkanes of at least 4 members (excludes halogenated alkanes) is 6. The van der Waals surface area contributed by atoms with Gasteiger partial charge in [0.2, 0.25) is 0 Å². The number of aromatic amines is 1. The van der Waals surface area contributed by atoms with E-state index in [1.807, 2.05) is 0 Å². The van der Waals surface area contributed by atoms with Gasteiger partial charge in [-0.25, -0.2) is 9.78 Å². The quantitative estimate of drug-likeness (QED) is 0.373. The van der Waals surface area contributed by atoms with E-state index in [1.54, 1.807) is 24.9 Å². The van der Waals surface area contributed by atoms with Crippen molar-refractivity contribution in [3.8, 4) is 0 Å². The second kappa shape index (κ2) is 10.8. The van der Waals surface area contributed by atoms with E-state index in [9.17, 15) is 4.79 Å². The Labute approximate surface area is 126 Å². The molecule has 4 nitrogen and oxygen atoms in total. The fourth-order valence-corrected chi connectivity index (χ4v) is 2.77. The maximum absolute atomic E-state index is 11.5. The highest BCUT2D eigenvalue weighted by Gasteiger charge is 2.10. The summed E-state index contributed by atoms with van der Waals surface area (Å²) in [6.07, 6.45) is 10.7. The first-order valence-electron chi connectivity index (χ1n) is 7.62. The molecular weight excluding hydrogens is 272 g/mol. The molecule has 0 fully saturated rings. The molecule has 0 aromatic carbocycles. The fourth-order valence-electron chi connectivity index (χ4n) is 1.92. The molecular formula is C15H26N2O2S. The third-order valence-electron chi connectivity index (χ3n) is 3.03. The molecule has 20 heavy (non-hydrogen) atoms. The van der Waals surface area contributed by atoms with E-state index in [-0.39, 0.29) is 5.97 Å². The number of carbonyl (C=O) groups excluding carboxylic acids is 1. The molecule has 0 bridgehead atoms. The van der Waals surface area contributed by atoms with Gasteiger partial charge in [0.25, 0.3) is 0 Å². The number of aromatic nitrogens is 2. The average molecular weight is 298 g/mol. The average Bonchev–Trinajstić information content (AvgIpc) is 2.91. The van der Waals surface area contributed by atoms with Crippen LogP contribution in [0.25, 0.3) is 0 Å². The standard InChI is InChI=1S/C15H26N2O2S/c1-3-5-6-7-8-9-10-11-20-15-16-12-13(17-15)14(18)19-4-2/h12H,3-11H2,1-2H3,(H,16,17). The predicted octanol–water partition coefficient (Wildman–Crippen LogP) is 4.43. The molecule has 1 aromatic heterocycles. The van der Waals surface area contributed by atoms with Crippen molar-refractivity contribution in [1.82, 2.24) is 9.97 Å². The van der Waals surface area contributed by atoms with Gasteiger partial charge < -0.3 is 9.72 Å². The minimum Gasteiger partial charge on any atom is -0.461 e. The molecule has 0 spiro atoms. The molecule has 0 radical (unpaired) electrons. The zero-order valence-corrected chi connectivity index (χ0v) is 13.4. The number of hydrogen-bond donors (Lipinski definition) is 1. The summed E-state index contributed by atoms with van der Waals surface area (Å²) < 4.78 is 4.91. The van der Waals surface area contributed by atoms with Crippen molar-refractivity contribution >= 4 is 17.7 Å². The molecule has 0 unspecified atom stereocenters. The highest BCUT2D eigenvalue weighted by atomic mass is 32.2. The first-order valence-corrected chi connectivity index (χ1v) is 8.61. The Kier molecular flexibility index (Phi) is 9.20. The third-order valence-corrected chi connectivity index (χ3v) is 4.01. The molecule has 0 aliphatic heterocycles. The summed E-state index contributed by atoms with van der Waals surface area (Å²) in [6, 6.07) is 0. The third kappa shape index (κ3) is 6.98. The minimum atomic E-state index is -0.331. The van der Waals surface area contributed by atoms with Gasteiger partial charge in [-0.2, -0.15) is 0 Å². The lowest BCUT2D eigenvalue weighted by atomic mass is 10.1. The molecule has 1 rings (SSSR count). The van der Waals surface area contributed by atoms with Gasteiger partial charge in [0.1, 0.15) is 5.69 Å². The summed E-state index contributed by atoms with van der Waals surface area (Å²) in [5, 5.41) is 0.805. The van der Waals surface area contributed by atoms with Gasteiger partial charge in [-0.3, -0.25) is 0 Å². The van der Waals surface area contributed by atoms with Gasteiger partial charge in [-0.15, -0.1) is 0 Å². The number of rotatable bonds is 11. The van der Waals surface area contributed by atoms with Crippen LogP contribution in [-0.4, -0.2) is 28.3 Å². The van der Waals surface area contributed by atoms with Gasteiger partial charge >= 0.3 is 5.97 Å². The van der Waals surface area contributed by atoms with E-state index < -0.39 is 0 Å². The monoisotopic (exact) mass is 298 g/mol. The normalized spacial score (nSPS) is 10.7. The van der Waals surface area contributed by atoms with Gasteiger partial charge in [0.05, 0.1) is 12.8 Å². The van der Waals surface area contributed by atoms with Gasteiger partial charge in [0.15, 0.2) is 5.16 Å². The molecule has 0 atom stereocenters. The number of nitrogens with one attached hydrogen (secondary N) is 1. The van der Waals surface area contributed by atoms with Crippen LogP contribution in [0.5, 0.6) is 0 Å². The number of imidazole rings is 1. The number of hydrogen-bond acceptors (Lipinski definition) is 4. The molecule has 5 heteroatoms. The van der Waals surface area contributed by atoms with Crippen molar-refractivity contribution < 1.29 is 9.53 Å². The first-order chi connectivity index (χ1) is 9.77. The Morgan fingerprint density at radius 1 is 1.20 bits per heavy atom. The molecule has 1 heterocycles. The molecule has 0 saturated carbocycles. The van der Waals surface area contributed by atoms with Gasteiger partial charge in [-0.1, -0.05) is 57.2 Å². The zero-order chi connectivity index (χ0) is 14.6. The largest absolute Gasteiger partial charge is 0.461 e. The number of nitrogens with zero attached hydrogens (tertiary/aromatic N) is 1. The van der Waals surface area contributed by atoms with Crippen molar-refractivity contribution in [2.24, 2.45) is 0 Å². The second-order valence-corrected chi connectivity index (χ2v) is 5.88. The Hall–Kier alpha value is -0.970. The topological polar surface area (TPSA) is 55.0 Å². The summed E-state index contributed by atoms with van der Waals surface area (Å²) >= 11 is 1.67. The Balaban J connectivity index is 2.09. The van der Waals surface area contributed by atoms with Crippen molar-refractivity contribution in [3.63, 3.8) is 0 Å². The Morgan fingerprint density at radius 2 is 1.90 bits per heavy atom. The summed E-state index contributed by atoms with van der Waals surface area (Å²) in [4.78, 5) is 18.6. The van der Waals surface area contributed by atoms with Gasteiger partial charge in [-0.05, 0) is 13.3 Å². The van der Waals surface area contributed by atoms with Crippen LogP contribution in [-0.2, 0) is 4.74 Å². The van der Waals surface area contributed by atoms with Crippen LogP contribution >= 0.6 is 11.8 Å². The van der Waals surface area contributed by atoms with Gasteiger partial charge in [0, 0.05) is 5.75 Å². The summed E-state index contributed by atoms with van der Waals surface area (Å²) in [6.45, 7) is 4.42. The molecule has 0 amide bonds. The maximum atomic E-state index is 11.5. The summed E-state index contributed by atoms with van der Waals surface area (Å²) in [7, 11) is 0. The molecule has 0 aliphatic carbocycles. The van der Waals surface area contributed by atoms with Crippen LogP contribution in [0, 0.1) is 0 Å². The number of carbonyl (C=O) groups is 1. The predicted molar refractivity (Wildman–Crippen MR) is 83.3 cm³/mol. The molecule has 114 valence electrons. The molecule has 1 aromatic rings. The van der Waals surface area contributed by atoms with Crippen LogP contribution in [0.4, 0.5) is 0 Å². The van der Waals surface area contributed by atoms with Crippen molar-refractivity contribution in [2.45, 2.75) is 63.9 Å². The van der Waals surface area contributed by atoms with Crippen LogP contribution in [0.3, 0.4) is 0 Å². The van der Waals surface area contributed by atoms with Crippen LogP contribution < -0.4 is 0 Å². The van der Waals surface area contributed by atoms with E-state index in [0.29, 0.717) is 12.3 Å². The highest BCUT2D eigenvalue weighted by Crippen LogP contribution is 2.17. The van der Waals surface area contributed by atoms with E-state index in [0.717, 1.165) is 10.9 Å². The van der Waals surface area contributed by atoms with Crippen LogP contribution in [0.15, 0.2) is 11.4 Å². The first kappa shape index (κ1) is 17.1. The van der Waals surface area contributed by atoms with Crippen LogP contribution in [0.2, 0.25) is 0 Å². The lowest BCUT2D eigenvalue weighted by Gasteiger charge is -2.00. The summed E-state index contributed by atoms with van der Waals surface area (Å²) in [5.41, 5.74) is 0.439. The van der Waals surface area contributed by atoms with Crippen molar-refractivity contribution in [3.05, 3.63) is 11.9 Å². The Morgan fingerprint density at radius 3 is 2.60 bits per heavy atom. The smallest absolute Gasteiger partial charge is 0.356 e. The number of esters is 1. The molecule has 0 aliphatic rings. The lowest BCUT2D eigenvalue weighted by molar-refractivity contribution is 0.0519. The van der Waals surface area contributed by atoms with Crippen LogP contribution in [0.1, 0.15) is 69.3 Å². The van der Waals surface area contributed by atoms with E-state index >= 15 is 0 Å². The maximum Gasteiger partial charge on any atom is 0.356 e. The molecule has 0 saturated heterocycles. The second-order valence-electron chi connectivity index (χ2n) is 4.79. The number of ether oxygens (including phenoxy) is 1. The van der Waals surface area contributed by atoms with E-state index in [4.69, 9.17) is 4.74 Å². The lowest BCUT2D eigenvalue weighted by Crippen LogP contribution is -2.04. The van der Waals surface area contributed by atoms with E-state index in [2.05, 4.69) is 16.9 Å².